The van der Waals surface area contributed by atoms with Crippen molar-refractivity contribution in [2.75, 3.05) is 11.5 Å². The van der Waals surface area contributed by atoms with Crippen LogP contribution in [0.1, 0.15) is 17.5 Å². The van der Waals surface area contributed by atoms with Crippen LogP contribution in [0.4, 0.5) is 4.79 Å². The third-order valence-corrected chi connectivity index (χ3v) is 5.81. The minimum absolute atomic E-state index is 0.0254. The number of sulfone groups is 1. The molecular formula is C16H20N4O3S. The van der Waals surface area contributed by atoms with Gasteiger partial charge < -0.3 is 15.2 Å². The summed E-state index contributed by atoms with van der Waals surface area (Å²) < 4.78 is 24.8. The number of rotatable bonds is 5. The first-order valence-corrected chi connectivity index (χ1v) is 9.61. The van der Waals surface area contributed by atoms with E-state index >= 15 is 0 Å². The zero-order valence-corrected chi connectivity index (χ0v) is 14.0. The van der Waals surface area contributed by atoms with Crippen LogP contribution < -0.4 is 10.6 Å². The van der Waals surface area contributed by atoms with Gasteiger partial charge in [0.1, 0.15) is 0 Å². The lowest BCUT2D eigenvalue weighted by molar-refractivity contribution is 0.237. The Kier molecular flexibility index (Phi) is 4.84. The molecule has 2 heterocycles. The molecule has 2 amide bonds. The van der Waals surface area contributed by atoms with Crippen molar-refractivity contribution < 1.29 is 13.2 Å². The van der Waals surface area contributed by atoms with Gasteiger partial charge in [0.15, 0.2) is 9.84 Å². The Morgan fingerprint density at radius 2 is 2.08 bits per heavy atom. The molecule has 1 aliphatic heterocycles. The number of benzene rings is 1. The van der Waals surface area contributed by atoms with Crippen LogP contribution in [0.2, 0.25) is 0 Å². The van der Waals surface area contributed by atoms with Gasteiger partial charge in [-0.1, -0.05) is 24.3 Å². The van der Waals surface area contributed by atoms with E-state index in [1.807, 2.05) is 35.0 Å². The second-order valence-corrected chi connectivity index (χ2v) is 8.16. The Bertz CT molecular complexity index is 802. The summed E-state index contributed by atoms with van der Waals surface area (Å²) in [6.07, 6.45) is 5.84. The molecule has 0 saturated carbocycles. The summed E-state index contributed by atoms with van der Waals surface area (Å²) in [5.41, 5.74) is 2.11. The summed E-state index contributed by atoms with van der Waals surface area (Å²) in [6.45, 7) is 1.07. The van der Waals surface area contributed by atoms with Crippen LogP contribution in [0, 0.1) is 0 Å². The van der Waals surface area contributed by atoms with Gasteiger partial charge in [-0.15, -0.1) is 0 Å². The Labute approximate surface area is 141 Å². The fourth-order valence-electron chi connectivity index (χ4n) is 2.78. The van der Waals surface area contributed by atoms with E-state index < -0.39 is 9.84 Å². The van der Waals surface area contributed by atoms with Gasteiger partial charge in [-0.2, -0.15) is 0 Å². The molecule has 0 aliphatic carbocycles. The van der Waals surface area contributed by atoms with Crippen LogP contribution in [0.15, 0.2) is 43.0 Å². The molecule has 3 rings (SSSR count). The fraction of sp³-hybridized carbons (Fsp3) is 0.375. The number of urea groups is 1. The molecule has 0 bridgehead atoms. The second kappa shape index (κ2) is 7.04. The van der Waals surface area contributed by atoms with Crippen LogP contribution in [-0.4, -0.2) is 41.5 Å². The van der Waals surface area contributed by atoms with Crippen molar-refractivity contribution >= 4 is 15.9 Å². The first-order chi connectivity index (χ1) is 11.5. The van der Waals surface area contributed by atoms with Gasteiger partial charge in [0.2, 0.25) is 0 Å². The second-order valence-electron chi connectivity index (χ2n) is 5.93. The van der Waals surface area contributed by atoms with E-state index in [0.717, 1.165) is 11.1 Å². The number of nitrogens with zero attached hydrogens (tertiary/aromatic N) is 2. The van der Waals surface area contributed by atoms with E-state index in [9.17, 15) is 13.2 Å². The predicted octanol–water partition coefficient (Wildman–Crippen LogP) is 0.918. The van der Waals surface area contributed by atoms with E-state index in [1.54, 1.807) is 12.5 Å². The molecule has 0 spiro atoms. The molecular weight excluding hydrogens is 328 g/mol. The Hall–Kier alpha value is -2.35. The molecule has 2 N–H and O–H groups in total. The molecule has 1 aliphatic rings. The molecule has 0 radical (unpaired) electrons. The molecule has 1 aromatic carbocycles. The number of imidazole rings is 1. The van der Waals surface area contributed by atoms with E-state index in [1.165, 1.54) is 0 Å². The van der Waals surface area contributed by atoms with E-state index in [4.69, 9.17) is 0 Å². The van der Waals surface area contributed by atoms with Crippen LogP contribution in [0.3, 0.4) is 0 Å². The highest BCUT2D eigenvalue weighted by atomic mass is 32.2. The van der Waals surface area contributed by atoms with Crippen molar-refractivity contribution in [1.82, 2.24) is 20.2 Å². The minimum Gasteiger partial charge on any atom is -0.334 e. The van der Waals surface area contributed by atoms with Crippen molar-refractivity contribution in [3.8, 4) is 0 Å². The number of aromatic nitrogens is 2. The maximum absolute atomic E-state index is 12.0. The molecule has 1 atom stereocenters. The molecule has 1 unspecified atom stereocenters. The summed E-state index contributed by atoms with van der Waals surface area (Å²) in [7, 11) is -3.00. The minimum atomic E-state index is -3.00. The van der Waals surface area contributed by atoms with Crippen LogP contribution in [0.25, 0.3) is 0 Å². The maximum atomic E-state index is 12.0. The summed E-state index contributed by atoms with van der Waals surface area (Å²) in [5, 5.41) is 5.53. The summed E-state index contributed by atoms with van der Waals surface area (Å²) in [5.74, 6) is 0.170. The largest absolute Gasteiger partial charge is 0.334 e. The van der Waals surface area contributed by atoms with Crippen molar-refractivity contribution in [2.24, 2.45) is 0 Å². The van der Waals surface area contributed by atoms with Crippen molar-refractivity contribution in [2.45, 2.75) is 25.6 Å². The standard InChI is InChI=1S/C16H20N4O3S/c21-16(19-15-5-8-24(22,23)11-15)18-9-13-3-1-2-4-14(13)10-20-7-6-17-12-20/h1-4,6-7,12,15H,5,8-11H2,(H2,18,19,21). The van der Waals surface area contributed by atoms with Crippen molar-refractivity contribution in [1.29, 1.82) is 0 Å². The zero-order chi connectivity index (χ0) is 17.0. The number of hydrogen-bond acceptors (Lipinski definition) is 4. The monoisotopic (exact) mass is 348 g/mol. The van der Waals surface area contributed by atoms with Crippen molar-refractivity contribution in [3.63, 3.8) is 0 Å². The summed E-state index contributed by atoms with van der Waals surface area (Å²) in [4.78, 5) is 16.0. The molecule has 2 aromatic rings. The first kappa shape index (κ1) is 16.5. The number of carbonyl (C=O) groups is 1. The normalized spacial score (nSPS) is 19.1. The number of carbonyl (C=O) groups excluding carboxylic acids is 1. The smallest absolute Gasteiger partial charge is 0.315 e. The molecule has 24 heavy (non-hydrogen) atoms. The molecule has 128 valence electrons. The summed E-state index contributed by atoms with van der Waals surface area (Å²) >= 11 is 0. The molecule has 1 fully saturated rings. The number of hydrogen-bond donors (Lipinski definition) is 2. The predicted molar refractivity (Wildman–Crippen MR) is 90.2 cm³/mol. The third kappa shape index (κ3) is 4.35. The fourth-order valence-corrected chi connectivity index (χ4v) is 4.46. The van der Waals surface area contributed by atoms with Crippen molar-refractivity contribution in [3.05, 3.63) is 54.1 Å². The third-order valence-electron chi connectivity index (χ3n) is 4.04. The zero-order valence-electron chi connectivity index (χ0n) is 13.2. The Morgan fingerprint density at radius 1 is 1.29 bits per heavy atom. The lowest BCUT2D eigenvalue weighted by Gasteiger charge is -2.14. The highest BCUT2D eigenvalue weighted by Gasteiger charge is 2.28. The van der Waals surface area contributed by atoms with E-state index in [2.05, 4.69) is 15.6 Å². The topological polar surface area (TPSA) is 93.1 Å². The van der Waals surface area contributed by atoms with Gasteiger partial charge in [-0.3, -0.25) is 0 Å². The van der Waals surface area contributed by atoms with Gasteiger partial charge in [0.25, 0.3) is 0 Å². The molecule has 1 saturated heterocycles. The lowest BCUT2D eigenvalue weighted by Crippen LogP contribution is -2.42. The summed E-state index contributed by atoms with van der Waals surface area (Å²) in [6, 6.07) is 7.23. The van der Waals surface area contributed by atoms with Gasteiger partial charge in [0, 0.05) is 31.5 Å². The van der Waals surface area contributed by atoms with Gasteiger partial charge in [-0.05, 0) is 17.5 Å². The highest BCUT2D eigenvalue weighted by molar-refractivity contribution is 7.91. The van der Waals surface area contributed by atoms with E-state index in [0.29, 0.717) is 19.5 Å². The lowest BCUT2D eigenvalue weighted by atomic mass is 10.1. The Morgan fingerprint density at radius 3 is 2.75 bits per heavy atom. The maximum Gasteiger partial charge on any atom is 0.315 e. The van der Waals surface area contributed by atoms with Gasteiger partial charge in [-0.25, -0.2) is 18.2 Å². The molecule has 1 aromatic heterocycles. The highest BCUT2D eigenvalue weighted by Crippen LogP contribution is 2.12. The average molecular weight is 348 g/mol. The van der Waals surface area contributed by atoms with Crippen LogP contribution >= 0.6 is 0 Å². The average Bonchev–Trinajstić information content (AvgIpc) is 3.16. The molecule has 7 nitrogen and oxygen atoms in total. The molecule has 8 heteroatoms. The van der Waals surface area contributed by atoms with E-state index in [-0.39, 0.29) is 23.6 Å². The quantitative estimate of drug-likeness (QED) is 0.840. The number of nitrogens with one attached hydrogen (secondary N) is 2. The number of amides is 2. The van der Waals surface area contributed by atoms with Gasteiger partial charge >= 0.3 is 6.03 Å². The Balaban J connectivity index is 1.55. The first-order valence-electron chi connectivity index (χ1n) is 7.79. The van der Waals surface area contributed by atoms with Gasteiger partial charge in [0.05, 0.1) is 17.8 Å². The van der Waals surface area contributed by atoms with Crippen LogP contribution in [-0.2, 0) is 22.9 Å². The van der Waals surface area contributed by atoms with Crippen LogP contribution in [0.5, 0.6) is 0 Å². The SMILES string of the molecule is O=C(NCc1ccccc1Cn1ccnc1)NC1CCS(=O)(=O)C1.